The number of benzene rings is 1. The Morgan fingerprint density at radius 2 is 1.93 bits per heavy atom. The van der Waals surface area contributed by atoms with E-state index in [9.17, 15) is 18.4 Å². The number of halogens is 2. The third-order valence-corrected chi connectivity index (χ3v) is 5.35. The van der Waals surface area contributed by atoms with Crippen molar-refractivity contribution in [2.45, 2.75) is 33.5 Å². The van der Waals surface area contributed by atoms with E-state index in [-0.39, 0.29) is 17.1 Å². The minimum Gasteiger partial charge on any atom is -0.451 e. The molecule has 1 aromatic carbocycles. The Morgan fingerprint density at radius 1 is 1.24 bits per heavy atom. The zero-order chi connectivity index (χ0) is 21.1. The number of carbonyl (C=O) groups excluding carboxylic acids is 1. The second-order valence-electron chi connectivity index (χ2n) is 6.27. The third kappa shape index (κ3) is 4.86. The maximum Gasteiger partial charge on any atom is 0.387 e. The molecule has 29 heavy (non-hydrogen) atoms. The Bertz CT molecular complexity index is 1120. The fraction of sp³-hybridized carbons (Fsp3) is 0.250. The van der Waals surface area contributed by atoms with Gasteiger partial charge in [0.2, 0.25) is 0 Å². The molecule has 3 aromatic rings. The van der Waals surface area contributed by atoms with Gasteiger partial charge in [-0.2, -0.15) is 8.78 Å². The smallest absolute Gasteiger partial charge is 0.387 e. The second-order valence-corrected chi connectivity index (χ2v) is 7.48. The molecule has 1 unspecified atom stereocenters. The van der Waals surface area contributed by atoms with Gasteiger partial charge in [0.25, 0.3) is 5.56 Å². The number of aryl methyl sites for hydroxylation is 2. The number of esters is 1. The van der Waals surface area contributed by atoms with Crippen molar-refractivity contribution in [1.82, 2.24) is 9.97 Å². The summed E-state index contributed by atoms with van der Waals surface area (Å²) in [5, 5.41) is 0.550. The molecular formula is C20H18F2N2O4S. The lowest BCUT2D eigenvalue weighted by atomic mass is 10.2. The predicted molar refractivity (Wildman–Crippen MR) is 106 cm³/mol. The molecule has 2 heterocycles. The van der Waals surface area contributed by atoms with Crippen molar-refractivity contribution in [3.8, 4) is 5.75 Å². The first-order chi connectivity index (χ1) is 13.7. The van der Waals surface area contributed by atoms with E-state index in [1.165, 1.54) is 47.8 Å². The summed E-state index contributed by atoms with van der Waals surface area (Å²) in [6.45, 7) is 2.50. The first-order valence-corrected chi connectivity index (χ1v) is 9.49. The third-order valence-electron chi connectivity index (χ3n) is 4.25. The van der Waals surface area contributed by atoms with Crippen LogP contribution >= 0.6 is 11.3 Å². The lowest BCUT2D eigenvalue weighted by Gasteiger charge is -2.11. The molecule has 0 saturated heterocycles. The van der Waals surface area contributed by atoms with Crippen LogP contribution in [0.25, 0.3) is 16.3 Å². The molecule has 9 heteroatoms. The zero-order valence-corrected chi connectivity index (χ0v) is 16.7. The molecule has 0 aliphatic rings. The lowest BCUT2D eigenvalue weighted by Crippen LogP contribution is -2.16. The highest BCUT2D eigenvalue weighted by Crippen LogP contribution is 2.27. The average Bonchev–Trinajstić information content (AvgIpc) is 2.95. The predicted octanol–water partition coefficient (Wildman–Crippen LogP) is 4.52. The Hall–Kier alpha value is -3.07. The molecule has 0 aliphatic heterocycles. The van der Waals surface area contributed by atoms with Crippen molar-refractivity contribution in [2.75, 3.05) is 0 Å². The molecule has 0 saturated carbocycles. The molecule has 0 aliphatic carbocycles. The summed E-state index contributed by atoms with van der Waals surface area (Å²) in [4.78, 5) is 33.1. The summed E-state index contributed by atoms with van der Waals surface area (Å²) in [7, 11) is 0. The number of aromatic amines is 1. The first-order valence-electron chi connectivity index (χ1n) is 8.68. The van der Waals surface area contributed by atoms with E-state index in [1.54, 1.807) is 6.92 Å². The lowest BCUT2D eigenvalue weighted by molar-refractivity contribution is -0.142. The summed E-state index contributed by atoms with van der Waals surface area (Å²) in [5.41, 5.74) is 1.23. The second kappa shape index (κ2) is 8.52. The average molecular weight is 420 g/mol. The molecule has 6 nitrogen and oxygen atoms in total. The number of carbonyl (C=O) groups is 1. The molecule has 0 radical (unpaired) electrons. The van der Waals surface area contributed by atoms with Gasteiger partial charge in [-0.25, -0.2) is 9.78 Å². The molecule has 2 aromatic heterocycles. The van der Waals surface area contributed by atoms with E-state index in [4.69, 9.17) is 4.74 Å². The van der Waals surface area contributed by atoms with Gasteiger partial charge < -0.3 is 14.5 Å². The standard InChI is InChI=1S/C20H18F2N2O4S/c1-10-12(3)29-19-16(10)18(26)23-17(24-19)11(2)27-15(25)9-6-13-4-7-14(8-5-13)28-20(21)22/h4-9,11,20H,1-3H3,(H,23,24,26)/b9-6+. The van der Waals surface area contributed by atoms with Crippen LogP contribution in [0.5, 0.6) is 5.75 Å². The van der Waals surface area contributed by atoms with E-state index in [1.807, 2.05) is 13.8 Å². The maximum absolute atomic E-state index is 12.3. The van der Waals surface area contributed by atoms with Crippen LogP contribution < -0.4 is 10.3 Å². The van der Waals surface area contributed by atoms with E-state index in [0.29, 0.717) is 15.8 Å². The molecule has 0 bridgehead atoms. The molecule has 1 atom stereocenters. The molecular weight excluding hydrogens is 402 g/mol. The van der Waals surface area contributed by atoms with Gasteiger partial charge in [-0.1, -0.05) is 12.1 Å². The van der Waals surface area contributed by atoms with Crippen molar-refractivity contribution < 1.29 is 23.0 Å². The summed E-state index contributed by atoms with van der Waals surface area (Å²) in [6, 6.07) is 5.79. The molecule has 152 valence electrons. The van der Waals surface area contributed by atoms with Gasteiger partial charge in [-0.15, -0.1) is 11.3 Å². The summed E-state index contributed by atoms with van der Waals surface area (Å²) in [6.07, 6.45) is 1.93. The highest BCUT2D eigenvalue weighted by atomic mass is 32.1. The van der Waals surface area contributed by atoms with E-state index >= 15 is 0 Å². The number of nitrogens with one attached hydrogen (secondary N) is 1. The van der Waals surface area contributed by atoms with Crippen LogP contribution in [0.1, 0.15) is 34.9 Å². The molecule has 1 N–H and O–H groups in total. The van der Waals surface area contributed by atoms with Crippen molar-refractivity contribution in [1.29, 1.82) is 0 Å². The first kappa shape index (κ1) is 20.7. The summed E-state index contributed by atoms with van der Waals surface area (Å²) in [5.74, 6) is -0.344. The van der Waals surface area contributed by atoms with E-state index in [2.05, 4.69) is 14.7 Å². The zero-order valence-electron chi connectivity index (χ0n) is 15.9. The normalized spacial score (nSPS) is 12.6. The Balaban J connectivity index is 1.68. The van der Waals surface area contributed by atoms with Crippen molar-refractivity contribution in [3.05, 3.63) is 62.5 Å². The minimum absolute atomic E-state index is 0.0258. The van der Waals surface area contributed by atoms with Crippen molar-refractivity contribution in [3.63, 3.8) is 0 Å². The highest BCUT2D eigenvalue weighted by Gasteiger charge is 2.17. The number of hydrogen-bond acceptors (Lipinski definition) is 6. The number of nitrogens with zero attached hydrogens (tertiary/aromatic N) is 1. The fourth-order valence-corrected chi connectivity index (χ4v) is 3.69. The maximum atomic E-state index is 12.3. The Kier molecular flexibility index (Phi) is 6.07. The number of fused-ring (bicyclic) bond motifs is 1. The monoisotopic (exact) mass is 420 g/mol. The van der Waals surface area contributed by atoms with Gasteiger partial charge in [-0.3, -0.25) is 4.79 Å². The van der Waals surface area contributed by atoms with Crippen LogP contribution in [0.15, 0.2) is 35.1 Å². The van der Waals surface area contributed by atoms with Gasteiger partial charge >= 0.3 is 12.6 Å². The van der Waals surface area contributed by atoms with E-state index in [0.717, 1.165) is 10.4 Å². The number of rotatable bonds is 6. The van der Waals surface area contributed by atoms with Crippen LogP contribution in [-0.4, -0.2) is 22.5 Å². The quantitative estimate of drug-likeness (QED) is 0.468. The minimum atomic E-state index is -2.89. The van der Waals surface area contributed by atoms with Gasteiger partial charge in [0, 0.05) is 11.0 Å². The summed E-state index contributed by atoms with van der Waals surface area (Å²) >= 11 is 1.41. The molecule has 0 spiro atoms. The van der Waals surface area contributed by atoms with Crippen LogP contribution in [0.4, 0.5) is 8.78 Å². The number of thiophene rings is 1. The number of ether oxygens (including phenoxy) is 2. The van der Waals surface area contributed by atoms with Crippen LogP contribution in [0.3, 0.4) is 0 Å². The topological polar surface area (TPSA) is 81.3 Å². The van der Waals surface area contributed by atoms with Gasteiger partial charge in [-0.05, 0) is 50.1 Å². The van der Waals surface area contributed by atoms with Crippen LogP contribution in [-0.2, 0) is 9.53 Å². The Labute approximate surface area is 168 Å². The number of hydrogen-bond donors (Lipinski definition) is 1. The number of aromatic nitrogens is 2. The van der Waals surface area contributed by atoms with Crippen molar-refractivity contribution >= 4 is 33.6 Å². The van der Waals surface area contributed by atoms with Gasteiger partial charge in [0.15, 0.2) is 11.9 Å². The van der Waals surface area contributed by atoms with Crippen LogP contribution in [0, 0.1) is 13.8 Å². The Morgan fingerprint density at radius 3 is 2.59 bits per heavy atom. The van der Waals surface area contributed by atoms with Gasteiger partial charge in [0.05, 0.1) is 5.39 Å². The number of alkyl halides is 2. The van der Waals surface area contributed by atoms with Crippen molar-refractivity contribution in [2.24, 2.45) is 0 Å². The molecule has 0 fully saturated rings. The van der Waals surface area contributed by atoms with Crippen LogP contribution in [0.2, 0.25) is 0 Å². The largest absolute Gasteiger partial charge is 0.451 e. The van der Waals surface area contributed by atoms with Gasteiger partial charge in [0.1, 0.15) is 10.6 Å². The van der Waals surface area contributed by atoms with E-state index < -0.39 is 18.7 Å². The molecule has 3 rings (SSSR count). The molecule has 0 amide bonds. The number of H-pyrrole nitrogens is 1. The highest BCUT2D eigenvalue weighted by molar-refractivity contribution is 7.18. The SMILES string of the molecule is Cc1sc2nc(C(C)OC(=O)/C=C/c3ccc(OC(F)F)cc3)[nH]c(=O)c2c1C. The summed E-state index contributed by atoms with van der Waals surface area (Å²) < 4.78 is 33.8. The fourth-order valence-electron chi connectivity index (χ4n) is 2.66.